The van der Waals surface area contributed by atoms with Crippen LogP contribution in [0.15, 0.2) is 48.5 Å². The highest BCUT2D eigenvalue weighted by molar-refractivity contribution is 6.33. The van der Waals surface area contributed by atoms with E-state index in [-0.39, 0.29) is 0 Å². The quantitative estimate of drug-likeness (QED) is 0.741. The molecule has 20 heavy (non-hydrogen) atoms. The first-order valence-corrected chi connectivity index (χ1v) is 6.75. The summed E-state index contributed by atoms with van der Waals surface area (Å²) in [6, 6.07) is 15.1. The summed E-state index contributed by atoms with van der Waals surface area (Å²) < 4.78 is 1.71. The molecule has 1 heterocycles. The maximum absolute atomic E-state index is 6.19. The van der Waals surface area contributed by atoms with E-state index in [0.29, 0.717) is 22.4 Å². The molecule has 3 rings (SSSR count). The van der Waals surface area contributed by atoms with Gasteiger partial charge in [-0.05, 0) is 40.3 Å². The summed E-state index contributed by atoms with van der Waals surface area (Å²) in [6.45, 7) is 0.560. The van der Waals surface area contributed by atoms with Crippen LogP contribution < -0.4 is 0 Å². The van der Waals surface area contributed by atoms with Crippen LogP contribution in [-0.2, 0) is 6.54 Å². The van der Waals surface area contributed by atoms with Gasteiger partial charge in [0.25, 0.3) is 0 Å². The predicted octanol–water partition coefficient (Wildman–Crippen LogP) is 3.70. The summed E-state index contributed by atoms with van der Waals surface area (Å²) in [5, 5.41) is 13.1. The molecule has 0 saturated carbocycles. The van der Waals surface area contributed by atoms with E-state index in [0.717, 1.165) is 11.1 Å². The summed E-state index contributed by atoms with van der Waals surface area (Å²) in [5.74, 6) is 0.644. The molecule has 0 amide bonds. The Bertz CT molecular complexity index is 722. The van der Waals surface area contributed by atoms with Crippen molar-refractivity contribution in [3.05, 3.63) is 64.1 Å². The van der Waals surface area contributed by atoms with Crippen molar-refractivity contribution in [3.8, 4) is 11.4 Å². The fourth-order valence-corrected chi connectivity index (χ4v) is 2.26. The van der Waals surface area contributed by atoms with Crippen LogP contribution in [0.1, 0.15) is 5.56 Å². The molecule has 1 aromatic heterocycles. The third kappa shape index (κ3) is 2.66. The molecule has 0 N–H and O–H groups in total. The van der Waals surface area contributed by atoms with Crippen LogP contribution in [0.3, 0.4) is 0 Å². The molecule has 4 nitrogen and oxygen atoms in total. The maximum atomic E-state index is 6.19. The fourth-order valence-electron chi connectivity index (χ4n) is 1.91. The van der Waals surface area contributed by atoms with Crippen LogP contribution in [0, 0.1) is 0 Å². The topological polar surface area (TPSA) is 43.6 Å². The predicted molar refractivity (Wildman–Crippen MR) is 78.8 cm³/mol. The number of rotatable bonds is 3. The van der Waals surface area contributed by atoms with E-state index < -0.39 is 0 Å². The number of hydrogen-bond acceptors (Lipinski definition) is 3. The molecule has 2 aromatic carbocycles. The molecule has 0 unspecified atom stereocenters. The first kappa shape index (κ1) is 13.1. The summed E-state index contributed by atoms with van der Waals surface area (Å²) in [6.07, 6.45) is 0. The summed E-state index contributed by atoms with van der Waals surface area (Å²) >= 11 is 12.1. The highest BCUT2D eigenvalue weighted by Gasteiger charge is 2.12. The Morgan fingerprint density at radius 3 is 2.45 bits per heavy atom. The van der Waals surface area contributed by atoms with Gasteiger partial charge < -0.3 is 0 Å². The third-order valence-electron chi connectivity index (χ3n) is 2.89. The minimum absolute atomic E-state index is 0.560. The van der Waals surface area contributed by atoms with Crippen LogP contribution in [0.2, 0.25) is 10.0 Å². The van der Waals surface area contributed by atoms with Crippen molar-refractivity contribution in [2.24, 2.45) is 0 Å². The van der Waals surface area contributed by atoms with Crippen molar-refractivity contribution in [3.63, 3.8) is 0 Å². The zero-order valence-electron chi connectivity index (χ0n) is 10.4. The van der Waals surface area contributed by atoms with E-state index in [1.807, 2.05) is 48.5 Å². The zero-order chi connectivity index (χ0) is 13.9. The summed E-state index contributed by atoms with van der Waals surface area (Å²) in [5.41, 5.74) is 1.88. The van der Waals surface area contributed by atoms with Crippen LogP contribution in [0.5, 0.6) is 0 Å². The Morgan fingerprint density at radius 2 is 1.70 bits per heavy atom. The van der Waals surface area contributed by atoms with Gasteiger partial charge in [-0.3, -0.25) is 0 Å². The van der Waals surface area contributed by atoms with E-state index in [1.54, 1.807) is 4.68 Å². The van der Waals surface area contributed by atoms with Crippen molar-refractivity contribution < 1.29 is 0 Å². The lowest BCUT2D eigenvalue weighted by Gasteiger charge is -2.06. The summed E-state index contributed by atoms with van der Waals surface area (Å²) in [7, 11) is 0. The molecule has 0 fully saturated rings. The van der Waals surface area contributed by atoms with Crippen LogP contribution >= 0.6 is 23.2 Å². The van der Waals surface area contributed by atoms with Crippen LogP contribution in [-0.4, -0.2) is 20.2 Å². The number of nitrogens with zero attached hydrogens (tertiary/aromatic N) is 4. The zero-order valence-corrected chi connectivity index (χ0v) is 11.9. The lowest BCUT2D eigenvalue weighted by molar-refractivity contribution is 0.653. The molecule has 100 valence electrons. The maximum Gasteiger partial charge on any atom is 0.183 e. The Morgan fingerprint density at radius 1 is 0.950 bits per heavy atom. The number of tetrazole rings is 1. The number of hydrogen-bond donors (Lipinski definition) is 0. The van der Waals surface area contributed by atoms with Gasteiger partial charge in [0, 0.05) is 10.6 Å². The van der Waals surface area contributed by atoms with Gasteiger partial charge >= 0.3 is 0 Å². The van der Waals surface area contributed by atoms with E-state index in [9.17, 15) is 0 Å². The second-order valence-electron chi connectivity index (χ2n) is 4.27. The van der Waals surface area contributed by atoms with Crippen molar-refractivity contribution in [1.82, 2.24) is 20.2 Å². The van der Waals surface area contributed by atoms with E-state index >= 15 is 0 Å². The molecule has 0 bridgehead atoms. The standard InChI is InChI=1S/C14H10Cl2N4/c15-11-7-5-10(6-8-11)9-20-14(17-18-19-20)12-3-1-2-4-13(12)16/h1-8H,9H2. The highest BCUT2D eigenvalue weighted by Crippen LogP contribution is 2.25. The highest BCUT2D eigenvalue weighted by atomic mass is 35.5. The minimum Gasteiger partial charge on any atom is -0.221 e. The van der Waals surface area contributed by atoms with Gasteiger partial charge in [0.15, 0.2) is 5.82 Å². The van der Waals surface area contributed by atoms with Gasteiger partial charge in [0.05, 0.1) is 11.6 Å². The Hall–Kier alpha value is -1.91. The van der Waals surface area contributed by atoms with Crippen molar-refractivity contribution in [2.75, 3.05) is 0 Å². The van der Waals surface area contributed by atoms with Gasteiger partial charge in [-0.2, -0.15) is 0 Å². The molecule has 0 spiro atoms. The molecule has 3 aromatic rings. The molecule has 0 aliphatic heterocycles. The monoisotopic (exact) mass is 304 g/mol. The first-order chi connectivity index (χ1) is 9.74. The molecule has 6 heteroatoms. The average Bonchev–Trinajstić information content (AvgIpc) is 2.90. The van der Waals surface area contributed by atoms with Gasteiger partial charge in [0.1, 0.15) is 0 Å². The molecular formula is C14H10Cl2N4. The van der Waals surface area contributed by atoms with Crippen LogP contribution in [0.4, 0.5) is 0 Å². The average molecular weight is 305 g/mol. The Kier molecular flexibility index (Phi) is 3.67. The number of benzene rings is 2. The number of aromatic nitrogens is 4. The fraction of sp³-hybridized carbons (Fsp3) is 0.0714. The Labute approximate surface area is 126 Å². The third-order valence-corrected chi connectivity index (χ3v) is 3.47. The molecule has 0 aliphatic carbocycles. The lowest BCUT2D eigenvalue weighted by atomic mass is 10.2. The van der Waals surface area contributed by atoms with Gasteiger partial charge in [-0.1, -0.05) is 47.5 Å². The second kappa shape index (κ2) is 5.61. The van der Waals surface area contributed by atoms with Gasteiger partial charge in [-0.25, -0.2) is 4.68 Å². The SMILES string of the molecule is Clc1ccc(Cn2nnnc2-c2ccccc2Cl)cc1. The lowest BCUT2D eigenvalue weighted by Crippen LogP contribution is -2.04. The van der Waals surface area contributed by atoms with E-state index in [2.05, 4.69) is 15.5 Å². The molecular weight excluding hydrogens is 295 g/mol. The molecule has 0 saturated heterocycles. The minimum atomic E-state index is 0.560. The normalized spacial score (nSPS) is 10.7. The Balaban J connectivity index is 1.95. The van der Waals surface area contributed by atoms with Crippen molar-refractivity contribution >= 4 is 23.2 Å². The van der Waals surface area contributed by atoms with Crippen LogP contribution in [0.25, 0.3) is 11.4 Å². The van der Waals surface area contributed by atoms with Crippen molar-refractivity contribution in [1.29, 1.82) is 0 Å². The largest absolute Gasteiger partial charge is 0.221 e. The second-order valence-corrected chi connectivity index (χ2v) is 5.11. The van der Waals surface area contributed by atoms with Crippen molar-refractivity contribution in [2.45, 2.75) is 6.54 Å². The van der Waals surface area contributed by atoms with E-state index in [1.165, 1.54) is 0 Å². The molecule has 0 radical (unpaired) electrons. The first-order valence-electron chi connectivity index (χ1n) is 5.99. The van der Waals surface area contributed by atoms with Gasteiger partial charge in [0.2, 0.25) is 0 Å². The smallest absolute Gasteiger partial charge is 0.183 e. The molecule has 0 atom stereocenters. The van der Waals surface area contributed by atoms with E-state index in [4.69, 9.17) is 23.2 Å². The van der Waals surface area contributed by atoms with Gasteiger partial charge in [-0.15, -0.1) is 5.10 Å². The number of halogens is 2. The molecule has 0 aliphatic rings. The summed E-state index contributed by atoms with van der Waals surface area (Å²) in [4.78, 5) is 0.